The zero-order chi connectivity index (χ0) is 17.2. The summed E-state index contributed by atoms with van der Waals surface area (Å²) >= 11 is 0. The highest BCUT2D eigenvalue weighted by molar-refractivity contribution is 5.95. The van der Waals surface area contributed by atoms with Gasteiger partial charge in [0.2, 0.25) is 0 Å². The Balaban J connectivity index is 1.82. The molecule has 9 nitrogen and oxygen atoms in total. The molecule has 0 aliphatic carbocycles. The Hall–Kier alpha value is -2.73. The van der Waals surface area contributed by atoms with Gasteiger partial charge in [-0.2, -0.15) is 0 Å². The SMILES string of the molecule is CN1CC2(CCN(C(=O)c3cc(CN=[N+]=[N-])cc(N=[N+]=[N-])c3)C2)C1. The summed E-state index contributed by atoms with van der Waals surface area (Å²) in [6.45, 7) is 3.66. The Bertz CT molecular complexity index is 757. The van der Waals surface area contributed by atoms with Crippen LogP contribution >= 0.6 is 0 Å². The number of hydrogen-bond acceptors (Lipinski definition) is 4. The molecule has 0 N–H and O–H groups in total. The average molecular weight is 326 g/mol. The van der Waals surface area contributed by atoms with Crippen molar-refractivity contribution in [2.75, 3.05) is 33.2 Å². The predicted octanol–water partition coefficient (Wildman–Crippen LogP) is 3.22. The van der Waals surface area contributed by atoms with E-state index in [0.717, 1.165) is 32.6 Å². The standard InChI is InChI=1S/C15H18N8O/c1-22-8-15(9-22)2-3-23(10-15)14(24)12-4-11(7-18-20-16)5-13(6-12)19-21-17/h4-6H,2-3,7-10H2,1H3. The van der Waals surface area contributed by atoms with E-state index < -0.39 is 0 Å². The van der Waals surface area contributed by atoms with E-state index in [1.807, 2.05) is 4.90 Å². The molecule has 0 bridgehead atoms. The molecule has 1 aromatic carbocycles. The smallest absolute Gasteiger partial charge is 0.253 e. The Morgan fingerprint density at radius 1 is 1.25 bits per heavy atom. The van der Waals surface area contributed by atoms with Gasteiger partial charge in [-0.1, -0.05) is 10.2 Å². The molecule has 2 aliphatic rings. The van der Waals surface area contributed by atoms with E-state index in [-0.39, 0.29) is 17.9 Å². The summed E-state index contributed by atoms with van der Waals surface area (Å²) in [5.74, 6) is -0.0707. The molecule has 0 aromatic heterocycles. The van der Waals surface area contributed by atoms with Crippen LogP contribution in [0.25, 0.3) is 20.9 Å². The number of benzene rings is 1. The van der Waals surface area contributed by atoms with E-state index in [9.17, 15) is 4.79 Å². The summed E-state index contributed by atoms with van der Waals surface area (Å²) in [7, 11) is 2.08. The summed E-state index contributed by atoms with van der Waals surface area (Å²) in [4.78, 5) is 22.4. The summed E-state index contributed by atoms with van der Waals surface area (Å²) in [6, 6.07) is 4.91. The first-order chi connectivity index (χ1) is 11.5. The Kier molecular flexibility index (Phi) is 4.31. The minimum Gasteiger partial charge on any atom is -0.338 e. The van der Waals surface area contributed by atoms with E-state index >= 15 is 0 Å². The number of carbonyl (C=O) groups is 1. The molecule has 3 rings (SSSR count). The molecule has 1 amide bonds. The Morgan fingerprint density at radius 2 is 2.04 bits per heavy atom. The van der Waals surface area contributed by atoms with Crippen LogP contribution in [0.2, 0.25) is 0 Å². The van der Waals surface area contributed by atoms with E-state index in [4.69, 9.17) is 11.1 Å². The molecule has 1 spiro atoms. The van der Waals surface area contributed by atoms with Crippen molar-refractivity contribution in [2.24, 2.45) is 15.6 Å². The fourth-order valence-electron chi connectivity index (χ4n) is 3.76. The van der Waals surface area contributed by atoms with Gasteiger partial charge in [0.15, 0.2) is 0 Å². The third-order valence-corrected chi connectivity index (χ3v) is 4.64. The zero-order valence-electron chi connectivity index (χ0n) is 13.5. The van der Waals surface area contributed by atoms with Crippen molar-refractivity contribution >= 4 is 11.6 Å². The highest BCUT2D eigenvalue weighted by Gasteiger charge is 2.47. The van der Waals surface area contributed by atoms with Gasteiger partial charge in [0.25, 0.3) is 5.91 Å². The molecule has 9 heteroatoms. The van der Waals surface area contributed by atoms with Crippen LogP contribution in [0.5, 0.6) is 0 Å². The Morgan fingerprint density at radius 3 is 2.71 bits per heavy atom. The predicted molar refractivity (Wildman–Crippen MR) is 88.5 cm³/mol. The lowest BCUT2D eigenvalue weighted by Crippen LogP contribution is -2.55. The van der Waals surface area contributed by atoms with Crippen LogP contribution in [0, 0.1) is 5.41 Å². The van der Waals surface area contributed by atoms with Gasteiger partial charge in [-0.15, -0.1) is 0 Å². The highest BCUT2D eigenvalue weighted by Crippen LogP contribution is 2.39. The van der Waals surface area contributed by atoms with Crippen LogP contribution in [-0.4, -0.2) is 48.9 Å². The minimum atomic E-state index is -0.0707. The van der Waals surface area contributed by atoms with Gasteiger partial charge in [0.05, 0.1) is 6.54 Å². The van der Waals surface area contributed by atoms with Crippen LogP contribution in [0.3, 0.4) is 0 Å². The van der Waals surface area contributed by atoms with Crippen molar-refractivity contribution in [1.82, 2.24) is 9.80 Å². The van der Waals surface area contributed by atoms with Crippen molar-refractivity contribution in [3.05, 3.63) is 50.2 Å². The van der Waals surface area contributed by atoms with Crippen molar-refractivity contribution in [2.45, 2.75) is 13.0 Å². The van der Waals surface area contributed by atoms with Gasteiger partial charge in [0, 0.05) is 52.7 Å². The number of azide groups is 2. The number of hydrogen-bond donors (Lipinski definition) is 0. The van der Waals surface area contributed by atoms with Gasteiger partial charge >= 0.3 is 0 Å². The maximum absolute atomic E-state index is 12.8. The van der Waals surface area contributed by atoms with Gasteiger partial charge in [-0.05, 0) is 48.3 Å². The first-order valence-electron chi connectivity index (χ1n) is 7.73. The molecule has 0 saturated carbocycles. The number of carbonyl (C=O) groups excluding carboxylic acids is 1. The zero-order valence-corrected chi connectivity index (χ0v) is 13.5. The molecule has 2 heterocycles. The van der Waals surface area contributed by atoms with E-state index in [0.29, 0.717) is 16.8 Å². The number of rotatable bonds is 4. The molecule has 2 fully saturated rings. The number of nitrogens with zero attached hydrogens (tertiary/aromatic N) is 8. The highest BCUT2D eigenvalue weighted by atomic mass is 16.2. The Labute approximate surface area is 139 Å². The van der Waals surface area contributed by atoms with Crippen LogP contribution in [0.1, 0.15) is 22.3 Å². The third-order valence-electron chi connectivity index (χ3n) is 4.64. The van der Waals surface area contributed by atoms with Crippen molar-refractivity contribution in [3.8, 4) is 0 Å². The maximum atomic E-state index is 12.8. The maximum Gasteiger partial charge on any atom is 0.253 e. The molecule has 0 unspecified atom stereocenters. The fraction of sp³-hybridized carbons (Fsp3) is 0.533. The van der Waals surface area contributed by atoms with E-state index in [1.165, 1.54) is 0 Å². The second kappa shape index (κ2) is 6.41. The average Bonchev–Trinajstić information content (AvgIpc) is 2.97. The van der Waals surface area contributed by atoms with Crippen LogP contribution < -0.4 is 0 Å². The molecular formula is C15H18N8O. The molecule has 2 saturated heterocycles. The topological polar surface area (TPSA) is 121 Å². The lowest BCUT2D eigenvalue weighted by molar-refractivity contribution is 0.0294. The molecule has 24 heavy (non-hydrogen) atoms. The monoisotopic (exact) mass is 326 g/mol. The largest absolute Gasteiger partial charge is 0.338 e. The van der Waals surface area contributed by atoms with Crippen LogP contribution in [0.15, 0.2) is 28.4 Å². The van der Waals surface area contributed by atoms with E-state index in [2.05, 4.69) is 32.0 Å². The van der Waals surface area contributed by atoms with Crippen LogP contribution in [0.4, 0.5) is 5.69 Å². The molecule has 0 atom stereocenters. The third kappa shape index (κ3) is 3.14. The van der Waals surface area contributed by atoms with Gasteiger partial charge in [-0.25, -0.2) is 0 Å². The first kappa shape index (κ1) is 16.1. The molecule has 124 valence electrons. The van der Waals surface area contributed by atoms with Gasteiger partial charge in [-0.3, -0.25) is 4.79 Å². The minimum absolute atomic E-state index is 0.0707. The molecule has 1 aromatic rings. The number of amides is 1. The second-order valence-electron chi connectivity index (χ2n) is 6.62. The summed E-state index contributed by atoms with van der Waals surface area (Å²) in [5.41, 5.74) is 18.8. The van der Waals surface area contributed by atoms with Crippen molar-refractivity contribution in [1.29, 1.82) is 0 Å². The van der Waals surface area contributed by atoms with Crippen molar-refractivity contribution in [3.63, 3.8) is 0 Å². The molecular weight excluding hydrogens is 308 g/mol. The molecule has 2 aliphatic heterocycles. The summed E-state index contributed by atoms with van der Waals surface area (Å²) in [6.07, 6.45) is 1.02. The van der Waals surface area contributed by atoms with Crippen LogP contribution in [-0.2, 0) is 6.54 Å². The first-order valence-corrected chi connectivity index (χ1v) is 7.73. The lowest BCUT2D eigenvalue weighted by Gasteiger charge is -2.46. The molecule has 0 radical (unpaired) electrons. The van der Waals surface area contributed by atoms with Gasteiger partial charge in [0.1, 0.15) is 0 Å². The quantitative estimate of drug-likeness (QED) is 0.479. The lowest BCUT2D eigenvalue weighted by atomic mass is 9.79. The normalized spacial score (nSPS) is 18.6. The van der Waals surface area contributed by atoms with Crippen molar-refractivity contribution < 1.29 is 4.79 Å². The van der Waals surface area contributed by atoms with E-state index in [1.54, 1.807) is 18.2 Å². The second-order valence-corrected chi connectivity index (χ2v) is 6.62. The summed E-state index contributed by atoms with van der Waals surface area (Å²) in [5, 5.41) is 7.09. The number of likely N-dealkylation sites (tertiary alicyclic amines) is 2. The summed E-state index contributed by atoms with van der Waals surface area (Å²) < 4.78 is 0. The van der Waals surface area contributed by atoms with Gasteiger partial charge < -0.3 is 9.80 Å². The fourth-order valence-corrected chi connectivity index (χ4v) is 3.76.